The molecule has 0 aliphatic heterocycles. The molecular weight excluding hydrogens is 262 g/mol. The first kappa shape index (κ1) is 12.2. The molecular formula is C16H15N5. The normalized spacial score (nSPS) is 13.4. The SMILES string of the molecule is NNc1nc(-c2ccnc3ccccc23)nc2c1CCC2. The number of nitrogen functional groups attached to an aromatic ring is 1. The van der Waals surface area contributed by atoms with Gasteiger partial charge in [-0.25, -0.2) is 15.8 Å². The van der Waals surface area contributed by atoms with E-state index in [4.69, 9.17) is 10.8 Å². The molecule has 0 fully saturated rings. The fraction of sp³-hybridized carbons (Fsp3) is 0.188. The second-order valence-electron chi connectivity index (χ2n) is 5.19. The Labute approximate surface area is 122 Å². The van der Waals surface area contributed by atoms with Gasteiger partial charge in [0.25, 0.3) is 0 Å². The second kappa shape index (κ2) is 4.79. The highest BCUT2D eigenvalue weighted by molar-refractivity contribution is 5.92. The highest BCUT2D eigenvalue weighted by atomic mass is 15.3. The maximum Gasteiger partial charge on any atom is 0.162 e. The number of nitrogens with one attached hydrogen (secondary N) is 1. The first-order valence-corrected chi connectivity index (χ1v) is 7.07. The van der Waals surface area contributed by atoms with Crippen molar-refractivity contribution in [2.24, 2.45) is 5.84 Å². The third-order valence-corrected chi connectivity index (χ3v) is 3.96. The van der Waals surface area contributed by atoms with Crippen molar-refractivity contribution >= 4 is 16.7 Å². The lowest BCUT2D eigenvalue weighted by Gasteiger charge is -2.10. The molecule has 0 bridgehead atoms. The smallest absolute Gasteiger partial charge is 0.162 e. The molecule has 2 heterocycles. The number of pyridine rings is 1. The number of hydrazine groups is 1. The minimum absolute atomic E-state index is 0.710. The van der Waals surface area contributed by atoms with Gasteiger partial charge in [0.15, 0.2) is 5.82 Å². The topological polar surface area (TPSA) is 76.7 Å². The number of hydrogen-bond acceptors (Lipinski definition) is 5. The summed E-state index contributed by atoms with van der Waals surface area (Å²) in [4.78, 5) is 13.7. The quantitative estimate of drug-likeness (QED) is 0.556. The van der Waals surface area contributed by atoms with Gasteiger partial charge in [0.1, 0.15) is 5.82 Å². The van der Waals surface area contributed by atoms with Crippen molar-refractivity contribution in [1.29, 1.82) is 0 Å². The molecule has 3 N–H and O–H groups in total. The monoisotopic (exact) mass is 277 g/mol. The standard InChI is InChI=1S/C16H15N5/c17-21-16-12-5-3-7-14(12)19-15(20-16)11-8-9-18-13-6-2-1-4-10(11)13/h1-2,4,6,8-9H,3,5,7,17H2,(H,19,20,21). The lowest BCUT2D eigenvalue weighted by molar-refractivity contribution is 0.900. The van der Waals surface area contributed by atoms with Gasteiger partial charge in [-0.3, -0.25) is 4.98 Å². The van der Waals surface area contributed by atoms with E-state index >= 15 is 0 Å². The largest absolute Gasteiger partial charge is 0.308 e. The van der Waals surface area contributed by atoms with Gasteiger partial charge in [-0.2, -0.15) is 0 Å². The van der Waals surface area contributed by atoms with Crippen LogP contribution in [0.2, 0.25) is 0 Å². The van der Waals surface area contributed by atoms with Crippen LogP contribution >= 0.6 is 0 Å². The molecule has 1 aliphatic rings. The van der Waals surface area contributed by atoms with Gasteiger partial charge in [-0.05, 0) is 31.4 Å². The van der Waals surface area contributed by atoms with Crippen LogP contribution in [0.5, 0.6) is 0 Å². The fourth-order valence-electron chi connectivity index (χ4n) is 2.96. The van der Waals surface area contributed by atoms with Crippen molar-refractivity contribution in [3.8, 4) is 11.4 Å². The molecule has 0 amide bonds. The summed E-state index contributed by atoms with van der Waals surface area (Å²) in [7, 11) is 0. The minimum atomic E-state index is 0.710. The second-order valence-corrected chi connectivity index (χ2v) is 5.19. The predicted octanol–water partition coefficient (Wildman–Crippen LogP) is 2.47. The van der Waals surface area contributed by atoms with Crippen LogP contribution in [0.3, 0.4) is 0 Å². The van der Waals surface area contributed by atoms with Crippen molar-refractivity contribution in [1.82, 2.24) is 15.0 Å². The Hall–Kier alpha value is -2.53. The Morgan fingerprint density at radius 2 is 1.95 bits per heavy atom. The highest BCUT2D eigenvalue weighted by Gasteiger charge is 2.20. The first-order valence-electron chi connectivity index (χ1n) is 7.07. The number of benzene rings is 1. The molecule has 104 valence electrons. The predicted molar refractivity (Wildman–Crippen MR) is 82.6 cm³/mol. The van der Waals surface area contributed by atoms with Gasteiger partial charge in [0, 0.05) is 28.4 Å². The van der Waals surface area contributed by atoms with E-state index in [1.54, 1.807) is 6.20 Å². The Bertz CT molecular complexity index is 823. The van der Waals surface area contributed by atoms with Crippen LogP contribution in [0.1, 0.15) is 17.7 Å². The highest BCUT2D eigenvalue weighted by Crippen LogP contribution is 2.31. The van der Waals surface area contributed by atoms with Crippen LogP contribution in [-0.2, 0) is 12.8 Å². The maximum absolute atomic E-state index is 5.63. The molecule has 0 spiro atoms. The number of hydrogen-bond donors (Lipinski definition) is 2. The number of nitrogens with two attached hydrogens (primary N) is 1. The minimum Gasteiger partial charge on any atom is -0.308 e. The van der Waals surface area contributed by atoms with Crippen LogP contribution in [-0.4, -0.2) is 15.0 Å². The summed E-state index contributed by atoms with van der Waals surface area (Å²) < 4.78 is 0. The summed E-state index contributed by atoms with van der Waals surface area (Å²) in [6.45, 7) is 0. The number of aryl methyl sites for hydroxylation is 1. The molecule has 2 aromatic heterocycles. The van der Waals surface area contributed by atoms with Gasteiger partial charge in [-0.1, -0.05) is 18.2 Å². The van der Waals surface area contributed by atoms with E-state index in [1.165, 1.54) is 0 Å². The lowest BCUT2D eigenvalue weighted by Crippen LogP contribution is -2.12. The zero-order valence-electron chi connectivity index (χ0n) is 11.5. The van der Waals surface area contributed by atoms with Crippen LogP contribution in [0, 0.1) is 0 Å². The number of aromatic nitrogens is 3. The fourth-order valence-corrected chi connectivity index (χ4v) is 2.96. The maximum atomic E-state index is 5.63. The lowest BCUT2D eigenvalue weighted by atomic mass is 10.1. The summed E-state index contributed by atoms with van der Waals surface area (Å²) in [5, 5.41) is 1.06. The van der Waals surface area contributed by atoms with E-state index in [2.05, 4.69) is 15.4 Å². The molecule has 1 aromatic carbocycles. The van der Waals surface area contributed by atoms with Gasteiger partial charge in [0.2, 0.25) is 0 Å². The van der Waals surface area contributed by atoms with Crippen LogP contribution in [0.25, 0.3) is 22.3 Å². The van der Waals surface area contributed by atoms with Crippen molar-refractivity contribution in [2.45, 2.75) is 19.3 Å². The molecule has 0 saturated carbocycles. The molecule has 4 rings (SSSR count). The van der Waals surface area contributed by atoms with Gasteiger partial charge < -0.3 is 5.43 Å². The van der Waals surface area contributed by atoms with Gasteiger partial charge in [0.05, 0.1) is 5.52 Å². The zero-order valence-corrected chi connectivity index (χ0v) is 11.5. The van der Waals surface area contributed by atoms with E-state index in [1.807, 2.05) is 30.3 Å². The van der Waals surface area contributed by atoms with Crippen molar-refractivity contribution in [3.63, 3.8) is 0 Å². The molecule has 5 nitrogen and oxygen atoms in total. The molecule has 0 atom stereocenters. The van der Waals surface area contributed by atoms with E-state index in [9.17, 15) is 0 Å². The van der Waals surface area contributed by atoms with Crippen molar-refractivity contribution in [2.75, 3.05) is 5.43 Å². The Morgan fingerprint density at radius 1 is 1.05 bits per heavy atom. The average molecular weight is 277 g/mol. The third kappa shape index (κ3) is 1.94. The third-order valence-electron chi connectivity index (χ3n) is 3.96. The number of anilines is 1. The van der Waals surface area contributed by atoms with Gasteiger partial charge >= 0.3 is 0 Å². The van der Waals surface area contributed by atoms with Crippen LogP contribution in [0.4, 0.5) is 5.82 Å². The number of nitrogens with zero attached hydrogens (tertiary/aromatic N) is 3. The molecule has 0 radical (unpaired) electrons. The molecule has 3 aromatic rings. The number of fused-ring (bicyclic) bond motifs is 2. The molecule has 0 saturated heterocycles. The summed E-state index contributed by atoms with van der Waals surface area (Å²) in [6.07, 6.45) is 4.89. The van der Waals surface area contributed by atoms with E-state index in [0.29, 0.717) is 5.82 Å². The summed E-state index contributed by atoms with van der Waals surface area (Å²) in [6, 6.07) is 9.98. The summed E-state index contributed by atoms with van der Waals surface area (Å²) in [5.74, 6) is 7.08. The van der Waals surface area contributed by atoms with Crippen molar-refractivity contribution in [3.05, 3.63) is 47.8 Å². The number of rotatable bonds is 2. The first-order chi connectivity index (χ1) is 10.4. The Morgan fingerprint density at radius 3 is 2.86 bits per heavy atom. The Balaban J connectivity index is 1.97. The summed E-state index contributed by atoms with van der Waals surface area (Å²) in [5.41, 5.74) is 6.91. The van der Waals surface area contributed by atoms with Crippen molar-refractivity contribution < 1.29 is 0 Å². The average Bonchev–Trinajstić information content (AvgIpc) is 3.02. The van der Waals surface area contributed by atoms with Crippen LogP contribution < -0.4 is 11.3 Å². The Kier molecular flexibility index (Phi) is 2.79. The van der Waals surface area contributed by atoms with E-state index in [0.717, 1.165) is 52.8 Å². The number of para-hydroxylation sites is 1. The van der Waals surface area contributed by atoms with E-state index < -0.39 is 0 Å². The summed E-state index contributed by atoms with van der Waals surface area (Å²) >= 11 is 0. The molecule has 5 heteroatoms. The van der Waals surface area contributed by atoms with Gasteiger partial charge in [-0.15, -0.1) is 0 Å². The zero-order chi connectivity index (χ0) is 14.2. The van der Waals surface area contributed by atoms with Crippen LogP contribution in [0.15, 0.2) is 36.5 Å². The van der Waals surface area contributed by atoms with E-state index in [-0.39, 0.29) is 0 Å². The molecule has 0 unspecified atom stereocenters. The molecule has 21 heavy (non-hydrogen) atoms. The molecule has 1 aliphatic carbocycles.